The van der Waals surface area contributed by atoms with Gasteiger partial charge in [0.05, 0.1) is 18.0 Å². The molecule has 0 atom stereocenters. The summed E-state index contributed by atoms with van der Waals surface area (Å²) >= 11 is 0. The zero-order valence-electron chi connectivity index (χ0n) is 12.1. The average molecular weight is 330 g/mol. The van der Waals surface area contributed by atoms with Crippen LogP contribution in [0.4, 0.5) is 0 Å². The minimum absolute atomic E-state index is 0.0152. The van der Waals surface area contributed by atoms with Crippen LogP contribution in [0.2, 0.25) is 0 Å². The molecule has 2 N–H and O–H groups in total. The maximum Gasteiger partial charge on any atom is 0.241 e. The van der Waals surface area contributed by atoms with Crippen LogP contribution in [0, 0.1) is 0 Å². The van der Waals surface area contributed by atoms with Gasteiger partial charge in [0.1, 0.15) is 13.2 Å². The number of nitrogens with one attached hydrogen (secondary N) is 2. The van der Waals surface area contributed by atoms with Crippen LogP contribution in [0.5, 0.6) is 11.5 Å². The molecule has 9 heteroatoms. The minimum Gasteiger partial charge on any atom is -0.486 e. The summed E-state index contributed by atoms with van der Waals surface area (Å²) < 4.78 is 42.0. The molecule has 1 aliphatic rings. The number of methoxy groups -OCH3 is 1. The van der Waals surface area contributed by atoms with Gasteiger partial charge in [-0.1, -0.05) is 0 Å². The Bertz CT molecular complexity index is 631. The van der Waals surface area contributed by atoms with Gasteiger partial charge in [-0.2, -0.15) is 0 Å². The van der Waals surface area contributed by atoms with Gasteiger partial charge < -0.3 is 19.5 Å². The topological polar surface area (TPSA) is 103 Å². The summed E-state index contributed by atoms with van der Waals surface area (Å²) in [6, 6.07) is 4.31. The molecule has 0 unspecified atom stereocenters. The molecule has 1 aromatic carbocycles. The summed E-state index contributed by atoms with van der Waals surface area (Å²) in [6.07, 6.45) is 0. The fourth-order valence-corrected chi connectivity index (χ4v) is 2.79. The zero-order chi connectivity index (χ0) is 16.0. The normalized spacial score (nSPS) is 13.7. The Morgan fingerprint density at radius 3 is 2.73 bits per heavy atom. The fraction of sp³-hybridized carbons (Fsp3) is 0.462. The largest absolute Gasteiger partial charge is 0.486 e. The highest BCUT2D eigenvalue weighted by molar-refractivity contribution is 7.89. The zero-order valence-corrected chi connectivity index (χ0v) is 12.9. The molecule has 2 rings (SSSR count). The predicted octanol–water partition coefficient (Wildman–Crippen LogP) is -0.501. The first-order chi connectivity index (χ1) is 10.5. The summed E-state index contributed by atoms with van der Waals surface area (Å²) in [5, 5.41) is 2.52. The van der Waals surface area contributed by atoms with Crippen LogP contribution in [0.1, 0.15) is 0 Å². The Balaban J connectivity index is 1.97. The van der Waals surface area contributed by atoms with E-state index in [9.17, 15) is 13.2 Å². The molecular formula is C13H18N2O6S. The highest BCUT2D eigenvalue weighted by Crippen LogP contribution is 2.32. The van der Waals surface area contributed by atoms with Gasteiger partial charge >= 0.3 is 0 Å². The number of carbonyl (C=O) groups excluding carboxylic acids is 1. The number of amides is 1. The molecule has 122 valence electrons. The third-order valence-electron chi connectivity index (χ3n) is 2.88. The standard InChI is InChI=1S/C13H18N2O6S/c1-19-5-4-14-13(16)9-15-22(17,18)10-2-3-11-12(8-10)21-7-6-20-11/h2-3,8,15H,4-7,9H2,1H3,(H,14,16). The molecule has 8 nitrogen and oxygen atoms in total. The van der Waals surface area contributed by atoms with Crippen LogP contribution in [0.15, 0.2) is 23.1 Å². The first kappa shape index (κ1) is 16.5. The number of fused-ring (bicyclic) bond motifs is 1. The van der Waals surface area contributed by atoms with Crippen LogP contribution in [-0.2, 0) is 19.6 Å². The highest BCUT2D eigenvalue weighted by atomic mass is 32.2. The second-order valence-electron chi connectivity index (χ2n) is 4.47. The third-order valence-corrected chi connectivity index (χ3v) is 4.27. The molecule has 0 radical (unpaired) electrons. The van der Waals surface area contributed by atoms with Gasteiger partial charge in [0.2, 0.25) is 15.9 Å². The third kappa shape index (κ3) is 4.33. The predicted molar refractivity (Wildman–Crippen MR) is 77.5 cm³/mol. The Hall–Kier alpha value is -1.84. The lowest BCUT2D eigenvalue weighted by atomic mass is 10.3. The van der Waals surface area contributed by atoms with Crippen LogP contribution < -0.4 is 19.5 Å². The molecule has 1 heterocycles. The molecule has 0 fully saturated rings. The molecule has 0 bridgehead atoms. The van der Waals surface area contributed by atoms with Crippen LogP contribution >= 0.6 is 0 Å². The Labute approximate surface area is 128 Å². The lowest BCUT2D eigenvalue weighted by Crippen LogP contribution is -2.38. The van der Waals surface area contributed by atoms with Crippen molar-refractivity contribution in [2.24, 2.45) is 0 Å². The maximum atomic E-state index is 12.1. The van der Waals surface area contributed by atoms with Crippen molar-refractivity contribution in [3.63, 3.8) is 0 Å². The van der Waals surface area contributed by atoms with Gasteiger partial charge in [-0.15, -0.1) is 0 Å². The summed E-state index contributed by atoms with van der Waals surface area (Å²) in [7, 11) is -2.29. The minimum atomic E-state index is -3.80. The van der Waals surface area contributed by atoms with Gasteiger partial charge in [-0.05, 0) is 12.1 Å². The summed E-state index contributed by atoms with van der Waals surface area (Å²) in [5.74, 6) is 0.444. The van der Waals surface area contributed by atoms with Gasteiger partial charge in [-0.25, -0.2) is 13.1 Å². The van der Waals surface area contributed by atoms with Crippen LogP contribution in [-0.4, -0.2) is 54.3 Å². The van der Waals surface area contributed by atoms with Crippen molar-refractivity contribution >= 4 is 15.9 Å². The molecule has 0 saturated carbocycles. The monoisotopic (exact) mass is 330 g/mol. The first-order valence-corrected chi connectivity index (χ1v) is 8.16. The Kier molecular flexibility index (Phi) is 5.58. The van der Waals surface area contributed by atoms with E-state index >= 15 is 0 Å². The SMILES string of the molecule is COCCNC(=O)CNS(=O)(=O)c1ccc2c(c1)OCCO2. The fourth-order valence-electron chi connectivity index (χ4n) is 1.79. The van der Waals surface area contributed by atoms with Gasteiger partial charge in [0, 0.05) is 19.7 Å². The molecule has 1 amide bonds. The van der Waals surface area contributed by atoms with Crippen molar-refractivity contribution in [2.75, 3.05) is 40.0 Å². The number of hydrogen-bond donors (Lipinski definition) is 2. The van der Waals surface area contributed by atoms with E-state index in [0.29, 0.717) is 37.9 Å². The van der Waals surface area contributed by atoms with Crippen molar-refractivity contribution in [3.8, 4) is 11.5 Å². The van der Waals surface area contributed by atoms with E-state index in [2.05, 4.69) is 10.0 Å². The lowest BCUT2D eigenvalue weighted by Gasteiger charge is -2.18. The van der Waals surface area contributed by atoms with Gasteiger partial charge in [0.15, 0.2) is 11.5 Å². The number of hydrogen-bond acceptors (Lipinski definition) is 6. The maximum absolute atomic E-state index is 12.1. The molecule has 0 saturated heterocycles. The number of sulfonamides is 1. The Morgan fingerprint density at radius 2 is 2.00 bits per heavy atom. The number of carbonyl (C=O) groups is 1. The van der Waals surface area contributed by atoms with Crippen LogP contribution in [0.3, 0.4) is 0 Å². The number of rotatable bonds is 7. The first-order valence-electron chi connectivity index (χ1n) is 6.68. The van der Waals surface area contributed by atoms with E-state index in [4.69, 9.17) is 14.2 Å². The van der Waals surface area contributed by atoms with E-state index in [-0.39, 0.29) is 11.4 Å². The molecule has 1 aromatic rings. The Morgan fingerprint density at radius 1 is 1.27 bits per heavy atom. The van der Waals surface area contributed by atoms with E-state index in [0.717, 1.165) is 0 Å². The smallest absolute Gasteiger partial charge is 0.241 e. The molecule has 0 aromatic heterocycles. The summed E-state index contributed by atoms with van der Waals surface area (Å²) in [5.41, 5.74) is 0. The van der Waals surface area contributed by atoms with Crippen molar-refractivity contribution < 1.29 is 27.4 Å². The summed E-state index contributed by atoms with van der Waals surface area (Å²) in [6.45, 7) is 1.13. The summed E-state index contributed by atoms with van der Waals surface area (Å²) in [4.78, 5) is 11.5. The molecule has 1 aliphatic heterocycles. The van der Waals surface area contributed by atoms with E-state index in [1.165, 1.54) is 25.3 Å². The highest BCUT2D eigenvalue weighted by Gasteiger charge is 2.19. The second-order valence-corrected chi connectivity index (χ2v) is 6.24. The number of benzene rings is 1. The van der Waals surface area contributed by atoms with E-state index < -0.39 is 15.9 Å². The second kappa shape index (κ2) is 7.43. The van der Waals surface area contributed by atoms with Gasteiger partial charge in [0.25, 0.3) is 0 Å². The molecule has 22 heavy (non-hydrogen) atoms. The van der Waals surface area contributed by atoms with E-state index in [1.54, 1.807) is 0 Å². The number of ether oxygens (including phenoxy) is 3. The average Bonchev–Trinajstić information content (AvgIpc) is 2.53. The molecular weight excluding hydrogens is 312 g/mol. The van der Waals surface area contributed by atoms with E-state index in [1.807, 2.05) is 0 Å². The van der Waals surface area contributed by atoms with Crippen molar-refractivity contribution in [3.05, 3.63) is 18.2 Å². The molecule has 0 aliphatic carbocycles. The van der Waals surface area contributed by atoms with Gasteiger partial charge in [-0.3, -0.25) is 4.79 Å². The quantitative estimate of drug-likeness (QED) is 0.653. The van der Waals surface area contributed by atoms with Crippen molar-refractivity contribution in [2.45, 2.75) is 4.90 Å². The lowest BCUT2D eigenvalue weighted by molar-refractivity contribution is -0.120. The molecule has 0 spiro atoms. The van der Waals surface area contributed by atoms with Crippen molar-refractivity contribution in [1.29, 1.82) is 0 Å². The van der Waals surface area contributed by atoms with Crippen molar-refractivity contribution in [1.82, 2.24) is 10.0 Å². The van der Waals surface area contributed by atoms with Crippen LogP contribution in [0.25, 0.3) is 0 Å².